The Balaban J connectivity index is 1.99. The molecule has 0 bridgehead atoms. The van der Waals surface area contributed by atoms with E-state index in [2.05, 4.69) is 10.2 Å². The van der Waals surface area contributed by atoms with E-state index in [1.54, 1.807) is 12.1 Å². The number of hydrogen-bond acceptors (Lipinski definition) is 4. The summed E-state index contributed by atoms with van der Waals surface area (Å²) in [5.74, 6) is 0. The van der Waals surface area contributed by atoms with Gasteiger partial charge < -0.3 is 0 Å². The first-order chi connectivity index (χ1) is 10.6. The van der Waals surface area contributed by atoms with Crippen LogP contribution in [0.25, 0.3) is 11.1 Å². The van der Waals surface area contributed by atoms with Crippen molar-refractivity contribution in [1.82, 2.24) is 10.2 Å². The van der Waals surface area contributed by atoms with Crippen LogP contribution in [0.3, 0.4) is 0 Å². The van der Waals surface area contributed by atoms with Gasteiger partial charge in [0, 0.05) is 6.07 Å². The Bertz CT molecular complexity index is 926. The van der Waals surface area contributed by atoms with Crippen LogP contribution < -0.4 is 5.56 Å². The van der Waals surface area contributed by atoms with E-state index in [0.717, 1.165) is 17.2 Å². The lowest BCUT2D eigenvalue weighted by Gasteiger charge is -2.05. The first kappa shape index (κ1) is 14.2. The first-order valence-electron chi connectivity index (χ1n) is 6.54. The van der Waals surface area contributed by atoms with Gasteiger partial charge in [-0.1, -0.05) is 42.5 Å². The maximum absolute atomic E-state index is 12.4. The van der Waals surface area contributed by atoms with Crippen LogP contribution in [0.4, 0.5) is 0 Å². The molecule has 0 atom stereocenters. The SMILES string of the molecule is O=c1ccc(S(=O)(=O)c2ccc(-c3ccccc3)cc2)n[nH]1. The van der Waals surface area contributed by atoms with Gasteiger partial charge in [-0.25, -0.2) is 13.5 Å². The van der Waals surface area contributed by atoms with Crippen LogP contribution in [0.5, 0.6) is 0 Å². The van der Waals surface area contributed by atoms with Crippen LogP contribution in [0.1, 0.15) is 0 Å². The fourth-order valence-corrected chi connectivity index (χ4v) is 3.21. The molecule has 0 saturated heterocycles. The van der Waals surface area contributed by atoms with Gasteiger partial charge in [-0.05, 0) is 29.3 Å². The summed E-state index contributed by atoms with van der Waals surface area (Å²) in [7, 11) is -3.74. The maximum atomic E-state index is 12.4. The minimum Gasteiger partial charge on any atom is -0.268 e. The number of nitrogens with zero attached hydrogens (tertiary/aromatic N) is 1. The molecule has 0 spiro atoms. The fraction of sp³-hybridized carbons (Fsp3) is 0. The van der Waals surface area contributed by atoms with Crippen molar-refractivity contribution in [3.05, 3.63) is 77.1 Å². The lowest BCUT2D eigenvalue weighted by molar-refractivity contribution is 0.589. The zero-order valence-electron chi connectivity index (χ0n) is 11.4. The van der Waals surface area contributed by atoms with Crippen LogP contribution in [-0.4, -0.2) is 18.6 Å². The van der Waals surface area contributed by atoms with Gasteiger partial charge in [0.05, 0.1) is 4.90 Å². The topological polar surface area (TPSA) is 79.9 Å². The molecule has 1 heterocycles. The second-order valence-corrected chi connectivity index (χ2v) is 6.55. The van der Waals surface area contributed by atoms with Gasteiger partial charge in [-0.15, -0.1) is 0 Å². The van der Waals surface area contributed by atoms with E-state index in [1.165, 1.54) is 18.2 Å². The summed E-state index contributed by atoms with van der Waals surface area (Å²) in [4.78, 5) is 11.1. The van der Waals surface area contributed by atoms with Gasteiger partial charge >= 0.3 is 0 Å². The van der Waals surface area contributed by atoms with Gasteiger partial charge in [0.2, 0.25) is 9.84 Å². The second kappa shape index (κ2) is 5.57. The Hall–Kier alpha value is -2.73. The number of benzene rings is 2. The molecule has 0 radical (unpaired) electrons. The van der Waals surface area contributed by atoms with Crippen LogP contribution in [0.15, 0.2) is 81.4 Å². The van der Waals surface area contributed by atoms with Crippen molar-refractivity contribution >= 4 is 9.84 Å². The monoisotopic (exact) mass is 312 g/mol. The van der Waals surface area contributed by atoms with Crippen molar-refractivity contribution in [2.24, 2.45) is 0 Å². The third kappa shape index (κ3) is 2.68. The maximum Gasteiger partial charge on any atom is 0.264 e. The molecular weight excluding hydrogens is 300 g/mol. The molecule has 1 aromatic heterocycles. The normalized spacial score (nSPS) is 11.3. The molecule has 2 aromatic carbocycles. The molecule has 22 heavy (non-hydrogen) atoms. The summed E-state index contributed by atoms with van der Waals surface area (Å²) in [6.07, 6.45) is 0. The predicted octanol–water partition coefficient (Wildman–Crippen LogP) is 2.27. The van der Waals surface area contributed by atoms with E-state index < -0.39 is 15.4 Å². The molecule has 0 aliphatic carbocycles. The third-order valence-corrected chi connectivity index (χ3v) is 4.87. The van der Waals surface area contributed by atoms with Crippen molar-refractivity contribution in [3.8, 4) is 11.1 Å². The van der Waals surface area contributed by atoms with Crippen molar-refractivity contribution in [2.75, 3.05) is 0 Å². The van der Waals surface area contributed by atoms with Crippen molar-refractivity contribution in [3.63, 3.8) is 0 Å². The zero-order valence-corrected chi connectivity index (χ0v) is 12.2. The molecule has 3 aromatic rings. The van der Waals surface area contributed by atoms with Crippen LogP contribution in [0, 0.1) is 0 Å². The summed E-state index contributed by atoms with van der Waals surface area (Å²) in [6.45, 7) is 0. The Kier molecular flexibility index (Phi) is 3.60. The number of H-pyrrole nitrogens is 1. The smallest absolute Gasteiger partial charge is 0.264 e. The third-order valence-electron chi connectivity index (χ3n) is 3.20. The molecule has 6 heteroatoms. The summed E-state index contributed by atoms with van der Waals surface area (Å²) in [6, 6.07) is 18.5. The molecule has 0 fully saturated rings. The Morgan fingerprint density at radius 2 is 1.41 bits per heavy atom. The lowest BCUT2D eigenvalue weighted by atomic mass is 10.1. The molecule has 0 amide bonds. The van der Waals surface area contributed by atoms with Crippen LogP contribution in [-0.2, 0) is 9.84 Å². The predicted molar refractivity (Wildman–Crippen MR) is 82.2 cm³/mol. The number of rotatable bonds is 3. The van der Waals surface area contributed by atoms with Gasteiger partial charge in [0.1, 0.15) is 0 Å². The van der Waals surface area contributed by atoms with Gasteiger partial charge in [0.25, 0.3) is 5.56 Å². The van der Waals surface area contributed by atoms with E-state index in [4.69, 9.17) is 0 Å². The van der Waals surface area contributed by atoms with E-state index in [-0.39, 0.29) is 9.92 Å². The number of hydrogen-bond donors (Lipinski definition) is 1. The number of sulfone groups is 1. The Morgan fingerprint density at radius 1 is 0.773 bits per heavy atom. The molecule has 0 aliphatic heterocycles. The van der Waals surface area contributed by atoms with Gasteiger partial charge in [0.15, 0.2) is 5.03 Å². The van der Waals surface area contributed by atoms with Gasteiger partial charge in [-0.2, -0.15) is 5.10 Å². The van der Waals surface area contributed by atoms with Crippen LogP contribution >= 0.6 is 0 Å². The van der Waals surface area contributed by atoms with E-state index >= 15 is 0 Å². The van der Waals surface area contributed by atoms with Crippen LogP contribution in [0.2, 0.25) is 0 Å². The first-order valence-corrected chi connectivity index (χ1v) is 8.02. The molecule has 0 unspecified atom stereocenters. The van der Waals surface area contributed by atoms with Crippen molar-refractivity contribution < 1.29 is 8.42 Å². The quantitative estimate of drug-likeness (QED) is 0.804. The number of aromatic amines is 1. The molecule has 0 aliphatic rings. The molecule has 1 N–H and O–H groups in total. The molecule has 3 rings (SSSR count). The molecule has 0 saturated carbocycles. The zero-order chi connectivity index (χ0) is 15.6. The van der Waals surface area contributed by atoms with E-state index in [0.29, 0.717) is 0 Å². The Labute approximate surface area is 127 Å². The highest BCUT2D eigenvalue weighted by Gasteiger charge is 2.19. The standard InChI is InChI=1S/C16H12N2O3S/c19-15-10-11-16(18-17-15)22(20,21)14-8-6-13(7-9-14)12-4-2-1-3-5-12/h1-11H,(H,17,19). The fourth-order valence-electron chi connectivity index (χ4n) is 2.06. The average molecular weight is 312 g/mol. The minimum absolute atomic E-state index is 0.131. The lowest BCUT2D eigenvalue weighted by Crippen LogP contribution is -2.11. The molecular formula is C16H12N2O3S. The summed E-state index contributed by atoms with van der Waals surface area (Å²) >= 11 is 0. The highest BCUT2D eigenvalue weighted by Crippen LogP contribution is 2.23. The largest absolute Gasteiger partial charge is 0.268 e. The summed E-state index contributed by atoms with van der Waals surface area (Å²) in [5, 5.41) is 5.53. The summed E-state index contributed by atoms with van der Waals surface area (Å²) in [5.41, 5.74) is 1.49. The van der Waals surface area contributed by atoms with E-state index in [1.807, 2.05) is 30.3 Å². The average Bonchev–Trinajstić information content (AvgIpc) is 2.56. The van der Waals surface area contributed by atoms with E-state index in [9.17, 15) is 13.2 Å². The van der Waals surface area contributed by atoms with Gasteiger partial charge in [-0.3, -0.25) is 4.79 Å². The number of nitrogens with one attached hydrogen (secondary N) is 1. The molecule has 110 valence electrons. The Morgan fingerprint density at radius 3 is 2.00 bits per heavy atom. The minimum atomic E-state index is -3.74. The summed E-state index contributed by atoms with van der Waals surface area (Å²) < 4.78 is 24.8. The highest BCUT2D eigenvalue weighted by atomic mass is 32.2. The molecule has 5 nitrogen and oxygen atoms in total. The second-order valence-electron chi connectivity index (χ2n) is 4.65. The van der Waals surface area contributed by atoms with Crippen molar-refractivity contribution in [2.45, 2.75) is 9.92 Å². The number of aromatic nitrogens is 2. The van der Waals surface area contributed by atoms with Crippen molar-refractivity contribution in [1.29, 1.82) is 0 Å². The highest BCUT2D eigenvalue weighted by molar-refractivity contribution is 7.91.